The van der Waals surface area contributed by atoms with Crippen LogP contribution in [-0.2, 0) is 11.2 Å². The highest BCUT2D eigenvalue weighted by Crippen LogP contribution is 2.34. The fraction of sp³-hybridized carbons (Fsp3) is 0.174. The summed E-state index contributed by atoms with van der Waals surface area (Å²) in [6.45, 7) is 4.30. The Balaban J connectivity index is 1.54. The van der Waals surface area contributed by atoms with Gasteiger partial charge in [-0.15, -0.1) is 11.3 Å². The monoisotopic (exact) mass is 403 g/mol. The van der Waals surface area contributed by atoms with Gasteiger partial charge in [0.15, 0.2) is 0 Å². The highest BCUT2D eigenvalue weighted by Gasteiger charge is 2.20. The Labute approximate surface area is 173 Å². The van der Waals surface area contributed by atoms with Gasteiger partial charge < -0.3 is 10.1 Å². The topological polar surface area (TPSA) is 64.1 Å². The van der Waals surface area contributed by atoms with Crippen molar-refractivity contribution in [3.05, 3.63) is 82.5 Å². The lowest BCUT2D eigenvalue weighted by molar-refractivity contribution is 0.0514. The minimum Gasteiger partial charge on any atom is -0.461 e. The number of nitrogens with one attached hydrogen (secondary N) is 1. The Morgan fingerprint density at radius 1 is 1.07 bits per heavy atom. The van der Waals surface area contributed by atoms with Crippen LogP contribution in [0.4, 0.5) is 11.5 Å². The molecule has 2 heterocycles. The van der Waals surface area contributed by atoms with E-state index in [1.165, 1.54) is 17.7 Å². The zero-order valence-corrected chi connectivity index (χ0v) is 17.1. The lowest BCUT2D eigenvalue weighted by Gasteiger charge is -2.08. The van der Waals surface area contributed by atoms with Gasteiger partial charge >= 0.3 is 5.97 Å². The van der Waals surface area contributed by atoms with E-state index in [2.05, 4.69) is 21.4 Å². The summed E-state index contributed by atoms with van der Waals surface area (Å²) in [5, 5.41) is 4.20. The third kappa shape index (κ3) is 4.27. The number of anilines is 2. The number of nitrogens with zero attached hydrogens (tertiary/aromatic N) is 2. The summed E-state index contributed by atoms with van der Waals surface area (Å²) < 4.78 is 5.52. The number of aryl methyl sites for hydroxylation is 2. The quantitative estimate of drug-likeness (QED) is 0.434. The maximum absolute atomic E-state index is 12.7. The number of carbonyl (C=O) groups is 1. The Morgan fingerprint density at radius 2 is 1.90 bits per heavy atom. The second-order valence-electron chi connectivity index (χ2n) is 6.82. The van der Waals surface area contributed by atoms with E-state index in [9.17, 15) is 4.79 Å². The molecule has 2 aromatic heterocycles. The Morgan fingerprint density at radius 3 is 2.69 bits per heavy atom. The molecule has 0 saturated carbocycles. The first kappa shape index (κ1) is 19.1. The zero-order valence-electron chi connectivity index (χ0n) is 16.3. The predicted octanol–water partition coefficient (Wildman–Crippen LogP) is 5.45. The van der Waals surface area contributed by atoms with Gasteiger partial charge in [-0.25, -0.2) is 14.8 Å². The van der Waals surface area contributed by atoms with E-state index in [1.807, 2.05) is 62.4 Å². The molecular formula is C23H21N3O2S. The standard InChI is InChI=1S/C23H21N3O2S/c1-15-7-6-10-18(13-15)26-21-19-16(2)20(29-22(19)25-14-24-21)23(27)28-12-11-17-8-4-3-5-9-17/h3-10,13-14H,11-12H2,1-2H3,(H,24,25,26). The number of thiophene rings is 1. The number of carbonyl (C=O) groups excluding carboxylic acids is 1. The molecule has 5 nitrogen and oxygen atoms in total. The van der Waals surface area contributed by atoms with Crippen molar-refractivity contribution >= 4 is 39.0 Å². The van der Waals surface area contributed by atoms with Crippen molar-refractivity contribution < 1.29 is 9.53 Å². The number of esters is 1. The van der Waals surface area contributed by atoms with E-state index in [1.54, 1.807) is 0 Å². The Bertz CT molecular complexity index is 1160. The molecule has 0 spiro atoms. The fourth-order valence-corrected chi connectivity index (χ4v) is 4.23. The zero-order chi connectivity index (χ0) is 20.2. The van der Waals surface area contributed by atoms with E-state index in [0.717, 1.165) is 32.6 Å². The van der Waals surface area contributed by atoms with Gasteiger partial charge in [-0.2, -0.15) is 0 Å². The third-order valence-electron chi connectivity index (χ3n) is 4.66. The predicted molar refractivity (Wildman–Crippen MR) is 117 cm³/mol. The highest BCUT2D eigenvalue weighted by atomic mass is 32.1. The summed E-state index contributed by atoms with van der Waals surface area (Å²) in [6, 6.07) is 18.1. The van der Waals surface area contributed by atoms with Crippen molar-refractivity contribution in [3.8, 4) is 0 Å². The van der Waals surface area contributed by atoms with E-state index in [0.29, 0.717) is 23.7 Å². The van der Waals surface area contributed by atoms with Gasteiger partial charge in [-0.3, -0.25) is 0 Å². The summed E-state index contributed by atoms with van der Waals surface area (Å²) in [5.74, 6) is 0.376. The van der Waals surface area contributed by atoms with E-state index in [-0.39, 0.29) is 5.97 Å². The molecule has 29 heavy (non-hydrogen) atoms. The van der Waals surface area contributed by atoms with Gasteiger partial charge in [-0.05, 0) is 42.7 Å². The average molecular weight is 404 g/mol. The maximum atomic E-state index is 12.7. The van der Waals surface area contributed by atoms with Crippen LogP contribution in [0.5, 0.6) is 0 Å². The van der Waals surface area contributed by atoms with Crippen LogP contribution >= 0.6 is 11.3 Å². The minimum atomic E-state index is -0.317. The van der Waals surface area contributed by atoms with Gasteiger partial charge in [-0.1, -0.05) is 42.5 Å². The van der Waals surface area contributed by atoms with Crippen LogP contribution in [0, 0.1) is 13.8 Å². The third-order valence-corrected chi connectivity index (χ3v) is 5.84. The van der Waals surface area contributed by atoms with Crippen molar-refractivity contribution in [3.63, 3.8) is 0 Å². The Kier molecular flexibility index (Phi) is 5.53. The molecule has 0 aliphatic carbocycles. The number of ether oxygens (including phenoxy) is 1. The second kappa shape index (κ2) is 8.41. The molecule has 4 rings (SSSR count). The van der Waals surface area contributed by atoms with Crippen molar-refractivity contribution in [2.24, 2.45) is 0 Å². The van der Waals surface area contributed by atoms with Crippen LogP contribution in [0.1, 0.15) is 26.4 Å². The smallest absolute Gasteiger partial charge is 0.348 e. The van der Waals surface area contributed by atoms with E-state index < -0.39 is 0 Å². The number of rotatable bonds is 6. The van der Waals surface area contributed by atoms with E-state index in [4.69, 9.17) is 4.74 Å². The summed E-state index contributed by atoms with van der Waals surface area (Å²) in [5.41, 5.74) is 4.09. The molecule has 0 aliphatic heterocycles. The number of fused-ring (bicyclic) bond motifs is 1. The first-order chi connectivity index (χ1) is 14.1. The molecule has 2 aromatic carbocycles. The SMILES string of the molecule is Cc1cccc(Nc2ncnc3sc(C(=O)OCCc4ccccc4)c(C)c23)c1. The molecule has 0 atom stereocenters. The van der Waals surface area contributed by atoms with Crippen LogP contribution in [0.3, 0.4) is 0 Å². The van der Waals surface area contributed by atoms with Crippen LogP contribution in [0.15, 0.2) is 60.9 Å². The Hall–Kier alpha value is -3.25. The molecule has 4 aromatic rings. The molecule has 0 aliphatic rings. The first-order valence-corrected chi connectivity index (χ1v) is 10.2. The molecule has 6 heteroatoms. The molecule has 0 unspecified atom stereocenters. The largest absolute Gasteiger partial charge is 0.461 e. The number of hydrogen-bond donors (Lipinski definition) is 1. The van der Waals surface area contributed by atoms with Crippen LogP contribution < -0.4 is 5.32 Å². The lowest BCUT2D eigenvalue weighted by Crippen LogP contribution is -2.07. The molecular weight excluding hydrogens is 382 g/mol. The van der Waals surface area contributed by atoms with Gasteiger partial charge in [0.25, 0.3) is 0 Å². The van der Waals surface area contributed by atoms with Crippen LogP contribution in [0.2, 0.25) is 0 Å². The fourth-order valence-electron chi connectivity index (χ4n) is 3.19. The molecule has 0 radical (unpaired) electrons. The number of benzene rings is 2. The van der Waals surface area contributed by atoms with Crippen molar-refractivity contribution in [2.75, 3.05) is 11.9 Å². The summed E-state index contributed by atoms with van der Waals surface area (Å²) >= 11 is 1.34. The van der Waals surface area contributed by atoms with E-state index >= 15 is 0 Å². The summed E-state index contributed by atoms with van der Waals surface area (Å²) in [4.78, 5) is 22.7. The first-order valence-electron chi connectivity index (χ1n) is 9.40. The molecule has 0 fully saturated rings. The normalized spacial score (nSPS) is 10.8. The van der Waals surface area contributed by atoms with Crippen LogP contribution in [-0.4, -0.2) is 22.5 Å². The summed E-state index contributed by atoms with van der Waals surface area (Å²) in [7, 11) is 0. The van der Waals surface area contributed by atoms with Crippen molar-refractivity contribution in [1.29, 1.82) is 0 Å². The molecule has 0 amide bonds. The summed E-state index contributed by atoms with van der Waals surface area (Å²) in [6.07, 6.45) is 2.21. The highest BCUT2D eigenvalue weighted by molar-refractivity contribution is 7.20. The van der Waals surface area contributed by atoms with Crippen molar-refractivity contribution in [2.45, 2.75) is 20.3 Å². The van der Waals surface area contributed by atoms with Gasteiger partial charge in [0.05, 0.1) is 12.0 Å². The van der Waals surface area contributed by atoms with Gasteiger partial charge in [0.2, 0.25) is 0 Å². The molecule has 0 saturated heterocycles. The number of aromatic nitrogens is 2. The van der Waals surface area contributed by atoms with Gasteiger partial charge in [0, 0.05) is 12.1 Å². The average Bonchev–Trinajstić information content (AvgIpc) is 3.06. The van der Waals surface area contributed by atoms with Crippen LogP contribution in [0.25, 0.3) is 10.2 Å². The second-order valence-corrected chi connectivity index (χ2v) is 7.82. The van der Waals surface area contributed by atoms with Gasteiger partial charge in [0.1, 0.15) is 21.9 Å². The lowest BCUT2D eigenvalue weighted by atomic mass is 10.1. The number of hydrogen-bond acceptors (Lipinski definition) is 6. The molecule has 1 N–H and O–H groups in total. The minimum absolute atomic E-state index is 0.317. The maximum Gasteiger partial charge on any atom is 0.348 e. The molecule has 146 valence electrons. The molecule has 0 bridgehead atoms. The van der Waals surface area contributed by atoms with Crippen molar-refractivity contribution in [1.82, 2.24) is 9.97 Å².